The smallest absolute Gasteiger partial charge is 0.243 e. The van der Waals surface area contributed by atoms with Crippen LogP contribution in [0, 0.1) is 5.92 Å². The fourth-order valence-electron chi connectivity index (χ4n) is 3.49. The summed E-state index contributed by atoms with van der Waals surface area (Å²) in [6.45, 7) is 6.29. The molecule has 2 aromatic carbocycles. The van der Waals surface area contributed by atoms with E-state index in [0.717, 1.165) is 43.1 Å². The van der Waals surface area contributed by atoms with Gasteiger partial charge in [0.25, 0.3) is 0 Å². The van der Waals surface area contributed by atoms with E-state index in [4.69, 9.17) is 11.6 Å². The van der Waals surface area contributed by atoms with Gasteiger partial charge in [0, 0.05) is 23.0 Å². The van der Waals surface area contributed by atoms with Gasteiger partial charge in [-0.2, -0.15) is 5.10 Å². The van der Waals surface area contributed by atoms with Gasteiger partial charge in [-0.3, -0.25) is 9.69 Å². The van der Waals surface area contributed by atoms with E-state index in [2.05, 4.69) is 22.0 Å². The quantitative estimate of drug-likeness (QED) is 0.409. The van der Waals surface area contributed by atoms with Crippen LogP contribution in [0.2, 0.25) is 5.02 Å². The Hall–Kier alpha value is -2.63. The Bertz CT molecular complexity index is 872. The Morgan fingerprint density at radius 3 is 2.66 bits per heavy atom. The molecule has 0 radical (unpaired) electrons. The predicted molar refractivity (Wildman–Crippen MR) is 117 cm³/mol. The maximum Gasteiger partial charge on any atom is 0.243 e. The Morgan fingerprint density at radius 2 is 1.97 bits per heavy atom. The number of phenolic OH excluding ortho intramolecular Hbond substituents is 1. The van der Waals surface area contributed by atoms with Gasteiger partial charge in [-0.1, -0.05) is 41.9 Å². The number of amides is 1. The molecular weight excluding hydrogens is 386 g/mol. The van der Waals surface area contributed by atoms with Crippen molar-refractivity contribution in [2.24, 2.45) is 11.0 Å². The largest absolute Gasteiger partial charge is 0.507 e. The molecule has 1 aliphatic rings. The summed E-state index contributed by atoms with van der Waals surface area (Å²) in [6, 6.07) is 13.3. The van der Waals surface area contributed by atoms with Crippen LogP contribution in [-0.4, -0.2) is 35.2 Å². The molecule has 3 rings (SSSR count). The number of nitrogens with zero attached hydrogens (tertiary/aromatic N) is 2. The fourth-order valence-corrected chi connectivity index (χ4v) is 3.62. The van der Waals surface area contributed by atoms with Gasteiger partial charge in [-0.05, 0) is 61.7 Å². The highest BCUT2D eigenvalue weighted by atomic mass is 35.5. The van der Waals surface area contributed by atoms with E-state index in [1.165, 1.54) is 11.8 Å². The Kier molecular flexibility index (Phi) is 7.44. The van der Waals surface area contributed by atoms with E-state index >= 15 is 0 Å². The summed E-state index contributed by atoms with van der Waals surface area (Å²) in [5, 5.41) is 15.0. The molecule has 6 heteroatoms. The second-order valence-corrected chi connectivity index (χ2v) is 7.70. The molecule has 1 fully saturated rings. The molecule has 0 atom stereocenters. The number of aromatic hydroxyl groups is 1. The second-order valence-electron chi connectivity index (χ2n) is 7.26. The lowest BCUT2D eigenvalue weighted by Crippen LogP contribution is -2.39. The number of rotatable bonds is 7. The number of carbonyl (C=O) groups is 1. The molecule has 0 aliphatic carbocycles. The highest BCUT2D eigenvalue weighted by Crippen LogP contribution is 2.22. The van der Waals surface area contributed by atoms with Crippen LogP contribution >= 0.6 is 11.6 Å². The van der Waals surface area contributed by atoms with Gasteiger partial charge >= 0.3 is 0 Å². The van der Waals surface area contributed by atoms with Gasteiger partial charge in [-0.25, -0.2) is 5.43 Å². The molecule has 2 aromatic rings. The Morgan fingerprint density at radius 1 is 1.24 bits per heavy atom. The summed E-state index contributed by atoms with van der Waals surface area (Å²) in [6.07, 6.45) is 5.39. The fraction of sp³-hybridized carbons (Fsp3) is 0.304. The number of hydrazone groups is 1. The van der Waals surface area contributed by atoms with Crippen molar-refractivity contribution < 1.29 is 9.90 Å². The van der Waals surface area contributed by atoms with E-state index in [-0.39, 0.29) is 17.6 Å². The maximum atomic E-state index is 12.4. The average Bonchev–Trinajstić information content (AvgIpc) is 2.73. The summed E-state index contributed by atoms with van der Waals surface area (Å²) < 4.78 is 0. The van der Waals surface area contributed by atoms with Crippen molar-refractivity contribution in [3.8, 4) is 5.75 Å². The molecule has 5 nitrogen and oxygen atoms in total. The topological polar surface area (TPSA) is 64.9 Å². The van der Waals surface area contributed by atoms with Crippen LogP contribution in [0.5, 0.6) is 5.75 Å². The summed E-state index contributed by atoms with van der Waals surface area (Å²) in [5.41, 5.74) is 5.19. The SMILES string of the molecule is C=CCc1cccc(C=NNC(=O)C2CCN(Cc3ccc(Cl)cc3)CC2)c1O. The predicted octanol–water partition coefficient (Wildman–Crippen LogP) is 4.14. The molecule has 0 unspecified atom stereocenters. The first-order valence-electron chi connectivity index (χ1n) is 9.78. The van der Waals surface area contributed by atoms with Gasteiger partial charge in [0.05, 0.1) is 6.21 Å². The van der Waals surface area contributed by atoms with Crippen LogP contribution in [0.25, 0.3) is 0 Å². The molecule has 152 valence electrons. The normalized spacial score (nSPS) is 15.5. The zero-order valence-corrected chi connectivity index (χ0v) is 17.1. The number of nitrogens with one attached hydrogen (secondary N) is 1. The number of para-hydroxylation sites is 1. The lowest BCUT2D eigenvalue weighted by atomic mass is 9.96. The van der Waals surface area contributed by atoms with Crippen LogP contribution in [0.3, 0.4) is 0 Å². The zero-order chi connectivity index (χ0) is 20.6. The number of hydrogen-bond acceptors (Lipinski definition) is 4. The van der Waals surface area contributed by atoms with Crippen molar-refractivity contribution in [3.05, 3.63) is 76.8 Å². The van der Waals surface area contributed by atoms with E-state index in [0.29, 0.717) is 12.0 Å². The number of phenols is 1. The first-order chi connectivity index (χ1) is 14.1. The maximum absolute atomic E-state index is 12.4. The first kappa shape index (κ1) is 21.1. The number of benzene rings is 2. The van der Waals surface area contributed by atoms with E-state index < -0.39 is 0 Å². The van der Waals surface area contributed by atoms with Crippen molar-refractivity contribution >= 4 is 23.7 Å². The summed E-state index contributed by atoms with van der Waals surface area (Å²) >= 11 is 5.93. The third-order valence-corrected chi connectivity index (χ3v) is 5.42. The number of hydrogen-bond donors (Lipinski definition) is 2. The number of carbonyl (C=O) groups excluding carboxylic acids is 1. The zero-order valence-electron chi connectivity index (χ0n) is 16.4. The molecule has 1 amide bonds. The standard InChI is InChI=1S/C23H26ClN3O2/c1-2-4-18-5-3-6-20(22(18)28)15-25-26-23(29)19-11-13-27(14-12-19)16-17-7-9-21(24)10-8-17/h2-3,5-10,15,19,28H,1,4,11-14,16H2,(H,26,29). The highest BCUT2D eigenvalue weighted by molar-refractivity contribution is 6.30. The highest BCUT2D eigenvalue weighted by Gasteiger charge is 2.24. The molecule has 0 bridgehead atoms. The van der Waals surface area contributed by atoms with Gasteiger partial charge in [0.15, 0.2) is 0 Å². The molecule has 2 N–H and O–H groups in total. The number of likely N-dealkylation sites (tertiary alicyclic amines) is 1. The molecule has 0 aromatic heterocycles. The van der Waals surface area contributed by atoms with E-state index in [9.17, 15) is 9.90 Å². The van der Waals surface area contributed by atoms with Crippen molar-refractivity contribution in [1.82, 2.24) is 10.3 Å². The summed E-state index contributed by atoms with van der Waals surface area (Å²) in [7, 11) is 0. The lowest BCUT2D eigenvalue weighted by Gasteiger charge is -2.30. The van der Waals surface area contributed by atoms with Gasteiger partial charge < -0.3 is 5.11 Å². The van der Waals surface area contributed by atoms with Crippen LogP contribution in [0.4, 0.5) is 0 Å². The molecule has 1 saturated heterocycles. The van der Waals surface area contributed by atoms with Gasteiger partial charge in [0.2, 0.25) is 5.91 Å². The Balaban J connectivity index is 1.47. The number of piperidine rings is 1. The first-order valence-corrected chi connectivity index (χ1v) is 10.2. The molecule has 1 aliphatic heterocycles. The molecule has 1 heterocycles. The molecule has 0 spiro atoms. The van der Waals surface area contributed by atoms with Crippen molar-refractivity contribution in [3.63, 3.8) is 0 Å². The van der Waals surface area contributed by atoms with E-state index in [1.54, 1.807) is 12.1 Å². The third kappa shape index (κ3) is 5.92. The molecule has 0 saturated carbocycles. The summed E-state index contributed by atoms with van der Waals surface area (Å²) in [4.78, 5) is 14.8. The van der Waals surface area contributed by atoms with Crippen molar-refractivity contribution in [2.75, 3.05) is 13.1 Å². The van der Waals surface area contributed by atoms with Crippen LogP contribution in [-0.2, 0) is 17.8 Å². The van der Waals surface area contributed by atoms with Gasteiger partial charge in [0.1, 0.15) is 5.75 Å². The van der Waals surface area contributed by atoms with Crippen LogP contribution in [0.15, 0.2) is 60.2 Å². The van der Waals surface area contributed by atoms with Crippen LogP contribution < -0.4 is 5.43 Å². The number of allylic oxidation sites excluding steroid dienone is 1. The second kappa shape index (κ2) is 10.2. The van der Waals surface area contributed by atoms with Gasteiger partial charge in [-0.15, -0.1) is 6.58 Å². The minimum atomic E-state index is -0.0749. The minimum Gasteiger partial charge on any atom is -0.507 e. The molecule has 29 heavy (non-hydrogen) atoms. The van der Waals surface area contributed by atoms with Crippen LogP contribution in [0.1, 0.15) is 29.5 Å². The average molecular weight is 412 g/mol. The lowest BCUT2D eigenvalue weighted by molar-refractivity contribution is -0.126. The number of halogens is 1. The summed E-state index contributed by atoms with van der Waals surface area (Å²) in [5.74, 6) is 0.0457. The Labute approximate surface area is 176 Å². The van der Waals surface area contributed by atoms with Crippen molar-refractivity contribution in [1.29, 1.82) is 0 Å². The van der Waals surface area contributed by atoms with E-state index in [1.807, 2.05) is 36.4 Å². The minimum absolute atomic E-state index is 0.0469. The third-order valence-electron chi connectivity index (χ3n) is 5.17. The van der Waals surface area contributed by atoms with Crippen molar-refractivity contribution in [2.45, 2.75) is 25.8 Å². The monoisotopic (exact) mass is 411 g/mol. The molecular formula is C23H26ClN3O2.